The number of benzene rings is 1. The minimum absolute atomic E-state index is 0.0548. The van der Waals surface area contributed by atoms with Crippen LogP contribution in [0.15, 0.2) is 22.7 Å². The number of urea groups is 1. The van der Waals surface area contributed by atoms with Gasteiger partial charge in [-0.05, 0) is 32.0 Å². The van der Waals surface area contributed by atoms with E-state index in [1.807, 2.05) is 0 Å². The van der Waals surface area contributed by atoms with Gasteiger partial charge in [0.25, 0.3) is 0 Å². The van der Waals surface area contributed by atoms with Crippen LogP contribution >= 0.6 is 15.9 Å². The lowest BCUT2D eigenvalue weighted by atomic mass is 10.2. The molecule has 5 nitrogen and oxygen atoms in total. The van der Waals surface area contributed by atoms with Crippen LogP contribution in [-0.4, -0.2) is 34.6 Å². The summed E-state index contributed by atoms with van der Waals surface area (Å²) < 4.78 is 14.2. The Morgan fingerprint density at radius 2 is 2.15 bits per heavy atom. The number of carbonyl (C=O) groups excluding carboxylic acids is 1. The van der Waals surface area contributed by atoms with Crippen molar-refractivity contribution in [3.63, 3.8) is 0 Å². The molecule has 2 amide bonds. The fraction of sp³-hybridized carbons (Fsp3) is 0.385. The number of nitrogens with zero attached hydrogens (tertiary/aromatic N) is 1. The zero-order chi connectivity index (χ0) is 15.3. The van der Waals surface area contributed by atoms with Gasteiger partial charge < -0.3 is 15.3 Å². The van der Waals surface area contributed by atoms with E-state index in [4.69, 9.17) is 5.11 Å². The number of rotatable bonds is 5. The zero-order valence-electron chi connectivity index (χ0n) is 11.2. The van der Waals surface area contributed by atoms with Gasteiger partial charge in [0.1, 0.15) is 5.82 Å². The standard InChI is InChI=1S/C13H16BrFN2O3/c1-3-17(8(2)6-12(18)19)13(20)16-11-5-4-9(14)7-10(11)15/h4-5,7-8H,3,6H2,1-2H3,(H,16,20)(H,18,19). The third kappa shape index (κ3) is 4.48. The maximum absolute atomic E-state index is 13.6. The van der Waals surface area contributed by atoms with Gasteiger partial charge in [-0.2, -0.15) is 0 Å². The highest BCUT2D eigenvalue weighted by Gasteiger charge is 2.21. The van der Waals surface area contributed by atoms with Gasteiger partial charge in [0.15, 0.2) is 0 Å². The summed E-state index contributed by atoms with van der Waals surface area (Å²) >= 11 is 3.13. The molecule has 2 N–H and O–H groups in total. The van der Waals surface area contributed by atoms with Crippen molar-refractivity contribution in [3.05, 3.63) is 28.5 Å². The predicted molar refractivity (Wildman–Crippen MR) is 77.2 cm³/mol. The monoisotopic (exact) mass is 346 g/mol. The smallest absolute Gasteiger partial charge is 0.322 e. The van der Waals surface area contributed by atoms with E-state index in [0.29, 0.717) is 11.0 Å². The molecule has 1 atom stereocenters. The summed E-state index contributed by atoms with van der Waals surface area (Å²) in [7, 11) is 0. The van der Waals surface area contributed by atoms with E-state index in [2.05, 4.69) is 21.2 Å². The molecule has 1 aromatic rings. The topological polar surface area (TPSA) is 69.6 Å². The van der Waals surface area contributed by atoms with Gasteiger partial charge in [-0.15, -0.1) is 0 Å². The molecule has 0 bridgehead atoms. The lowest BCUT2D eigenvalue weighted by molar-refractivity contribution is -0.137. The molecule has 0 saturated carbocycles. The second-order valence-electron chi connectivity index (χ2n) is 4.29. The molecule has 1 rings (SSSR count). The lowest BCUT2D eigenvalue weighted by Crippen LogP contribution is -2.42. The molecule has 0 saturated heterocycles. The zero-order valence-corrected chi connectivity index (χ0v) is 12.8. The second kappa shape index (κ2) is 7.23. The summed E-state index contributed by atoms with van der Waals surface area (Å²) in [5.74, 6) is -1.55. The highest BCUT2D eigenvalue weighted by molar-refractivity contribution is 9.10. The van der Waals surface area contributed by atoms with Crippen molar-refractivity contribution in [1.82, 2.24) is 4.90 Å². The number of amides is 2. The van der Waals surface area contributed by atoms with Crippen molar-refractivity contribution in [1.29, 1.82) is 0 Å². The predicted octanol–water partition coefficient (Wildman–Crippen LogP) is 3.31. The molecule has 1 aromatic carbocycles. The molecule has 0 spiro atoms. The number of halogens is 2. The number of hydrogen-bond donors (Lipinski definition) is 2. The van der Waals surface area contributed by atoms with Crippen molar-refractivity contribution in [2.75, 3.05) is 11.9 Å². The van der Waals surface area contributed by atoms with Crippen LogP contribution in [0.4, 0.5) is 14.9 Å². The molecule has 0 aliphatic heterocycles. The molecule has 0 aromatic heterocycles. The third-order valence-corrected chi connectivity index (χ3v) is 3.27. The van der Waals surface area contributed by atoms with Gasteiger partial charge in [0, 0.05) is 17.1 Å². The van der Waals surface area contributed by atoms with Gasteiger partial charge in [-0.25, -0.2) is 9.18 Å². The molecule has 0 aliphatic carbocycles. The van der Waals surface area contributed by atoms with Crippen LogP contribution in [0.25, 0.3) is 0 Å². The fourth-order valence-electron chi connectivity index (χ4n) is 1.80. The second-order valence-corrected chi connectivity index (χ2v) is 5.20. The highest BCUT2D eigenvalue weighted by Crippen LogP contribution is 2.20. The van der Waals surface area contributed by atoms with E-state index in [-0.39, 0.29) is 12.1 Å². The van der Waals surface area contributed by atoms with Crippen molar-refractivity contribution < 1.29 is 19.1 Å². The molecule has 7 heteroatoms. The summed E-state index contributed by atoms with van der Waals surface area (Å²) in [6, 6.07) is 3.29. The number of aliphatic carboxylic acids is 1. The van der Waals surface area contributed by atoms with Crippen LogP contribution in [0.5, 0.6) is 0 Å². The summed E-state index contributed by atoms with van der Waals surface area (Å²) in [5, 5.41) is 11.2. The first-order valence-corrected chi connectivity index (χ1v) is 6.89. The van der Waals surface area contributed by atoms with Crippen molar-refractivity contribution in [3.8, 4) is 0 Å². The molecular formula is C13H16BrFN2O3. The first kappa shape index (κ1) is 16.4. The molecular weight excluding hydrogens is 331 g/mol. The molecule has 110 valence electrons. The maximum Gasteiger partial charge on any atom is 0.322 e. The van der Waals surface area contributed by atoms with Gasteiger partial charge in [-0.1, -0.05) is 15.9 Å². The van der Waals surface area contributed by atoms with Crippen LogP contribution in [-0.2, 0) is 4.79 Å². The Hall–Kier alpha value is -1.63. The Labute approximate surface area is 124 Å². The van der Waals surface area contributed by atoms with Gasteiger partial charge in [-0.3, -0.25) is 4.79 Å². The lowest BCUT2D eigenvalue weighted by Gasteiger charge is -2.27. The SMILES string of the molecule is CCN(C(=O)Nc1ccc(Br)cc1F)C(C)CC(=O)O. The van der Waals surface area contributed by atoms with Crippen LogP contribution in [0, 0.1) is 5.82 Å². The summed E-state index contributed by atoms with van der Waals surface area (Å²) in [5.41, 5.74) is 0.0548. The van der Waals surface area contributed by atoms with E-state index in [9.17, 15) is 14.0 Å². The van der Waals surface area contributed by atoms with Crippen LogP contribution < -0.4 is 5.32 Å². The van der Waals surface area contributed by atoms with Crippen LogP contribution in [0.3, 0.4) is 0 Å². The molecule has 0 heterocycles. The van der Waals surface area contributed by atoms with Crippen LogP contribution in [0.2, 0.25) is 0 Å². The Balaban J connectivity index is 2.79. The van der Waals surface area contributed by atoms with Crippen molar-refractivity contribution in [2.45, 2.75) is 26.3 Å². The summed E-state index contributed by atoms with van der Waals surface area (Å²) in [6.45, 7) is 3.70. The number of carboxylic acid groups (broad SMARTS) is 1. The number of carboxylic acids is 1. The molecule has 0 aliphatic rings. The van der Waals surface area contributed by atoms with E-state index in [1.54, 1.807) is 19.9 Å². The third-order valence-electron chi connectivity index (χ3n) is 2.78. The largest absolute Gasteiger partial charge is 0.481 e. The van der Waals surface area contributed by atoms with Crippen molar-refractivity contribution >= 4 is 33.6 Å². The first-order valence-electron chi connectivity index (χ1n) is 6.09. The number of hydrogen-bond acceptors (Lipinski definition) is 2. The Kier molecular flexibility index (Phi) is 5.94. The van der Waals surface area contributed by atoms with E-state index < -0.39 is 23.9 Å². The molecule has 1 unspecified atom stereocenters. The Bertz CT molecular complexity index is 510. The molecule has 0 radical (unpaired) electrons. The van der Waals surface area contributed by atoms with Crippen LogP contribution in [0.1, 0.15) is 20.3 Å². The van der Waals surface area contributed by atoms with E-state index in [1.165, 1.54) is 17.0 Å². The van der Waals surface area contributed by atoms with Gasteiger partial charge in [0.2, 0.25) is 0 Å². The summed E-state index contributed by atoms with van der Waals surface area (Å²) in [4.78, 5) is 24.1. The van der Waals surface area contributed by atoms with E-state index in [0.717, 1.165) is 0 Å². The first-order chi connectivity index (χ1) is 9.35. The maximum atomic E-state index is 13.6. The Morgan fingerprint density at radius 3 is 2.65 bits per heavy atom. The number of anilines is 1. The van der Waals surface area contributed by atoms with Gasteiger partial charge >= 0.3 is 12.0 Å². The molecule has 0 fully saturated rings. The minimum atomic E-state index is -0.987. The normalized spacial score (nSPS) is 11.8. The summed E-state index contributed by atoms with van der Waals surface area (Å²) in [6.07, 6.45) is -0.163. The minimum Gasteiger partial charge on any atom is -0.481 e. The van der Waals surface area contributed by atoms with Crippen molar-refractivity contribution in [2.24, 2.45) is 0 Å². The Morgan fingerprint density at radius 1 is 1.50 bits per heavy atom. The fourth-order valence-corrected chi connectivity index (χ4v) is 2.13. The quantitative estimate of drug-likeness (QED) is 0.859. The number of nitrogens with one attached hydrogen (secondary N) is 1. The van der Waals surface area contributed by atoms with E-state index >= 15 is 0 Å². The average Bonchev–Trinajstić information content (AvgIpc) is 2.32. The average molecular weight is 347 g/mol. The van der Waals surface area contributed by atoms with Gasteiger partial charge in [0.05, 0.1) is 12.1 Å². The molecule has 20 heavy (non-hydrogen) atoms. The number of carbonyl (C=O) groups is 2. The highest BCUT2D eigenvalue weighted by atomic mass is 79.9.